The predicted molar refractivity (Wildman–Crippen MR) is 80.1 cm³/mol. The summed E-state index contributed by atoms with van der Waals surface area (Å²) in [6, 6.07) is 0. The second-order valence-electron chi connectivity index (χ2n) is 7.52. The second-order valence-corrected chi connectivity index (χ2v) is 7.52. The van der Waals surface area contributed by atoms with Gasteiger partial charge in [-0.3, -0.25) is 9.59 Å². The van der Waals surface area contributed by atoms with Gasteiger partial charge in [-0.25, -0.2) is 0 Å². The summed E-state index contributed by atoms with van der Waals surface area (Å²) < 4.78 is 0. The van der Waals surface area contributed by atoms with E-state index in [1.165, 1.54) is 0 Å². The van der Waals surface area contributed by atoms with Crippen molar-refractivity contribution < 1.29 is 19.8 Å². The van der Waals surface area contributed by atoms with E-state index in [2.05, 4.69) is 0 Å². The molecule has 0 bridgehead atoms. The summed E-state index contributed by atoms with van der Waals surface area (Å²) in [5.74, 6) is -1.59. The number of aliphatic carboxylic acids is 2. The van der Waals surface area contributed by atoms with Crippen LogP contribution in [0.3, 0.4) is 0 Å². The molecule has 120 valence electrons. The zero-order valence-electron chi connectivity index (χ0n) is 13.3. The summed E-state index contributed by atoms with van der Waals surface area (Å²) in [5, 5.41) is 19.9. The molecule has 2 N–H and O–H groups in total. The lowest BCUT2D eigenvalue weighted by Crippen LogP contribution is -2.58. The van der Waals surface area contributed by atoms with Crippen LogP contribution in [0.15, 0.2) is 0 Å². The first-order chi connectivity index (χ1) is 9.80. The molecule has 0 radical (unpaired) electrons. The van der Waals surface area contributed by atoms with Crippen LogP contribution in [-0.2, 0) is 9.59 Å². The van der Waals surface area contributed by atoms with Gasteiger partial charge >= 0.3 is 11.9 Å². The summed E-state index contributed by atoms with van der Waals surface area (Å²) in [5.41, 5.74) is -2.50. The molecule has 0 saturated heterocycles. The molecular formula is C17H28O4. The average Bonchev–Trinajstić information content (AvgIpc) is 2.48. The summed E-state index contributed by atoms with van der Waals surface area (Å²) >= 11 is 0. The summed E-state index contributed by atoms with van der Waals surface area (Å²) in [7, 11) is 0. The number of carboxylic acids is 2. The molecule has 2 saturated carbocycles. The van der Waals surface area contributed by atoms with E-state index in [0.29, 0.717) is 25.7 Å². The molecule has 21 heavy (non-hydrogen) atoms. The molecule has 2 aliphatic rings. The zero-order chi connectivity index (χ0) is 15.7. The molecule has 4 nitrogen and oxygen atoms in total. The lowest BCUT2D eigenvalue weighted by atomic mass is 9.45. The quantitative estimate of drug-likeness (QED) is 0.819. The first-order valence-corrected chi connectivity index (χ1v) is 8.27. The Kier molecular flexibility index (Phi) is 4.36. The molecule has 0 amide bonds. The third kappa shape index (κ3) is 2.27. The number of carbonyl (C=O) groups is 2. The summed E-state index contributed by atoms with van der Waals surface area (Å²) in [6.45, 7) is 3.82. The third-order valence-corrected chi connectivity index (χ3v) is 6.63. The van der Waals surface area contributed by atoms with E-state index in [9.17, 15) is 19.8 Å². The van der Waals surface area contributed by atoms with E-state index in [1.807, 2.05) is 13.8 Å². The first kappa shape index (κ1) is 16.3. The van der Waals surface area contributed by atoms with Gasteiger partial charge in [0.2, 0.25) is 0 Å². The van der Waals surface area contributed by atoms with Gasteiger partial charge in [0.15, 0.2) is 0 Å². The molecule has 0 aromatic heterocycles. The number of hydrogen-bond acceptors (Lipinski definition) is 2. The van der Waals surface area contributed by atoms with E-state index in [-0.39, 0.29) is 0 Å². The second kappa shape index (κ2) is 5.62. The van der Waals surface area contributed by atoms with Crippen molar-refractivity contribution in [2.45, 2.75) is 78.1 Å². The Morgan fingerprint density at radius 2 is 1.00 bits per heavy atom. The minimum atomic E-state index is -0.888. The highest BCUT2D eigenvalue weighted by molar-refractivity contribution is 5.81. The molecule has 2 rings (SSSR count). The highest BCUT2D eigenvalue weighted by Gasteiger charge is 2.63. The lowest BCUT2D eigenvalue weighted by Gasteiger charge is -2.56. The fourth-order valence-corrected chi connectivity index (χ4v) is 4.98. The van der Waals surface area contributed by atoms with Gasteiger partial charge in [0, 0.05) is 0 Å². The molecule has 4 heteroatoms. The van der Waals surface area contributed by atoms with Crippen LogP contribution >= 0.6 is 0 Å². The number of rotatable bonds is 4. The van der Waals surface area contributed by atoms with E-state index in [0.717, 1.165) is 38.5 Å². The van der Waals surface area contributed by atoms with Gasteiger partial charge < -0.3 is 10.2 Å². The molecule has 0 aliphatic heterocycles. The molecule has 0 aromatic carbocycles. The maximum absolute atomic E-state index is 12.1. The molecular weight excluding hydrogens is 268 g/mol. The zero-order valence-corrected chi connectivity index (χ0v) is 13.3. The first-order valence-electron chi connectivity index (χ1n) is 8.27. The van der Waals surface area contributed by atoms with Crippen LogP contribution in [-0.4, -0.2) is 22.2 Å². The third-order valence-electron chi connectivity index (χ3n) is 6.63. The van der Waals surface area contributed by atoms with Crippen LogP contribution in [0.4, 0.5) is 0 Å². The van der Waals surface area contributed by atoms with E-state index in [1.54, 1.807) is 0 Å². The van der Waals surface area contributed by atoms with Crippen molar-refractivity contribution in [2.24, 2.45) is 16.2 Å². The van der Waals surface area contributed by atoms with Crippen molar-refractivity contribution in [1.82, 2.24) is 0 Å². The molecule has 2 fully saturated rings. The Balaban J connectivity index is 2.49. The fourth-order valence-electron chi connectivity index (χ4n) is 4.98. The number of hydrogen-bond donors (Lipinski definition) is 2. The minimum Gasteiger partial charge on any atom is -0.481 e. The van der Waals surface area contributed by atoms with E-state index < -0.39 is 28.2 Å². The Morgan fingerprint density at radius 1 is 0.714 bits per heavy atom. The van der Waals surface area contributed by atoms with Gasteiger partial charge in [-0.2, -0.15) is 0 Å². The normalized spacial score (nSPS) is 25.2. The van der Waals surface area contributed by atoms with Crippen LogP contribution in [0, 0.1) is 16.2 Å². The highest BCUT2D eigenvalue weighted by atomic mass is 16.4. The number of carboxylic acid groups (broad SMARTS) is 2. The van der Waals surface area contributed by atoms with Crippen LogP contribution < -0.4 is 0 Å². The Bertz CT molecular complexity index is 375. The highest BCUT2D eigenvalue weighted by Crippen LogP contribution is 2.62. The lowest BCUT2D eigenvalue weighted by molar-refractivity contribution is -0.187. The SMILES string of the molecule is CC(C)(C1(C(=O)O)CCCCC1)C1(C(=O)O)CCCCC1. The van der Waals surface area contributed by atoms with Crippen molar-refractivity contribution in [3.8, 4) is 0 Å². The summed E-state index contributed by atoms with van der Waals surface area (Å²) in [6.07, 6.45) is 8.16. The summed E-state index contributed by atoms with van der Waals surface area (Å²) in [4.78, 5) is 24.3. The molecule has 0 spiro atoms. The van der Waals surface area contributed by atoms with Gasteiger partial charge in [-0.1, -0.05) is 52.4 Å². The smallest absolute Gasteiger partial charge is 0.310 e. The largest absolute Gasteiger partial charge is 0.481 e. The molecule has 0 aromatic rings. The van der Waals surface area contributed by atoms with Gasteiger partial charge in [0.25, 0.3) is 0 Å². The Morgan fingerprint density at radius 3 is 1.24 bits per heavy atom. The Labute approximate surface area is 126 Å². The molecule has 0 unspecified atom stereocenters. The van der Waals surface area contributed by atoms with Gasteiger partial charge in [-0.15, -0.1) is 0 Å². The van der Waals surface area contributed by atoms with Crippen molar-refractivity contribution in [3.05, 3.63) is 0 Å². The van der Waals surface area contributed by atoms with Crippen LogP contribution in [0.25, 0.3) is 0 Å². The van der Waals surface area contributed by atoms with Crippen LogP contribution in [0.5, 0.6) is 0 Å². The molecule has 0 atom stereocenters. The van der Waals surface area contributed by atoms with E-state index in [4.69, 9.17) is 0 Å². The van der Waals surface area contributed by atoms with Gasteiger partial charge in [0.1, 0.15) is 0 Å². The Hall–Kier alpha value is -1.06. The van der Waals surface area contributed by atoms with Crippen molar-refractivity contribution in [3.63, 3.8) is 0 Å². The van der Waals surface area contributed by atoms with Gasteiger partial charge in [-0.05, 0) is 31.1 Å². The van der Waals surface area contributed by atoms with Crippen molar-refractivity contribution in [2.75, 3.05) is 0 Å². The van der Waals surface area contributed by atoms with Gasteiger partial charge in [0.05, 0.1) is 10.8 Å². The maximum atomic E-state index is 12.1. The topological polar surface area (TPSA) is 74.6 Å². The van der Waals surface area contributed by atoms with Crippen LogP contribution in [0.1, 0.15) is 78.1 Å². The minimum absolute atomic E-state index is 0.615. The average molecular weight is 296 g/mol. The monoisotopic (exact) mass is 296 g/mol. The van der Waals surface area contributed by atoms with Crippen LogP contribution in [0.2, 0.25) is 0 Å². The fraction of sp³-hybridized carbons (Fsp3) is 0.882. The van der Waals surface area contributed by atoms with Crippen molar-refractivity contribution >= 4 is 11.9 Å². The van der Waals surface area contributed by atoms with E-state index >= 15 is 0 Å². The van der Waals surface area contributed by atoms with Crippen molar-refractivity contribution in [1.29, 1.82) is 0 Å². The predicted octanol–water partition coefficient (Wildman–Crippen LogP) is 4.08. The molecule has 0 heterocycles. The maximum Gasteiger partial charge on any atom is 0.310 e. The standard InChI is InChI=1S/C17H28O4/c1-15(2,16(13(18)19)9-5-3-6-10-16)17(14(20)21)11-7-4-8-12-17/h3-12H2,1-2H3,(H,18,19)(H,20,21). The molecule has 2 aliphatic carbocycles.